The number of hydrogen-bond donors (Lipinski definition) is 2. The summed E-state index contributed by atoms with van der Waals surface area (Å²) in [7, 11) is 0. The van der Waals surface area contributed by atoms with Gasteiger partial charge in [-0.1, -0.05) is 91.0 Å². The first kappa shape index (κ1) is 21.8. The number of ketones is 1. The van der Waals surface area contributed by atoms with Crippen molar-refractivity contribution in [3.05, 3.63) is 108 Å². The van der Waals surface area contributed by atoms with Crippen LogP contribution in [0, 0.1) is 0 Å². The molecular weight excluding hydrogens is 392 g/mol. The minimum atomic E-state index is -0.683. The highest BCUT2D eigenvalue weighted by Crippen LogP contribution is 2.48. The molecule has 3 aromatic rings. The number of benzene rings is 3. The summed E-state index contributed by atoms with van der Waals surface area (Å²) in [5.74, 6) is -0.00640. The third-order valence-corrected chi connectivity index (χ3v) is 6.61. The van der Waals surface area contributed by atoms with E-state index in [0.29, 0.717) is 5.75 Å². The maximum Gasteiger partial charge on any atom is 0.217 e. The summed E-state index contributed by atoms with van der Waals surface area (Å²) in [6.45, 7) is 1.34. The number of nitrogens with one attached hydrogen (secondary N) is 1. The van der Waals surface area contributed by atoms with E-state index >= 15 is 0 Å². The standard InChI is InChI=1S/C25H26N2O2S/c1-19(28)27-17-24(29)23(26)18-30-25(20-11-5-2-6-12-20,21-13-7-3-8-14-21)22-15-9-4-10-16-22/h2-16,23H,17-18,26H2,1H3,(H,27,28)/t23-/m0/s1. The van der Waals surface area contributed by atoms with Gasteiger partial charge in [0.1, 0.15) is 0 Å². The molecule has 154 valence electrons. The van der Waals surface area contributed by atoms with Gasteiger partial charge in [0.05, 0.1) is 17.3 Å². The van der Waals surface area contributed by atoms with E-state index in [1.807, 2.05) is 54.6 Å². The SMILES string of the molecule is CC(=O)NCC(=O)[C@@H](N)CSC(c1ccccc1)(c1ccccc1)c1ccccc1. The fourth-order valence-corrected chi connectivity index (χ4v) is 4.94. The first-order chi connectivity index (χ1) is 14.5. The molecule has 0 aromatic heterocycles. The van der Waals surface area contributed by atoms with Crippen LogP contribution in [-0.4, -0.2) is 30.0 Å². The van der Waals surface area contributed by atoms with Crippen molar-refractivity contribution in [1.82, 2.24) is 5.32 Å². The van der Waals surface area contributed by atoms with Crippen molar-refractivity contribution in [2.45, 2.75) is 17.7 Å². The van der Waals surface area contributed by atoms with Crippen molar-refractivity contribution in [1.29, 1.82) is 0 Å². The molecule has 0 saturated heterocycles. The van der Waals surface area contributed by atoms with Gasteiger partial charge in [-0.15, -0.1) is 11.8 Å². The molecule has 0 saturated carbocycles. The van der Waals surface area contributed by atoms with Crippen molar-refractivity contribution >= 4 is 23.5 Å². The largest absolute Gasteiger partial charge is 0.349 e. The number of Topliss-reactive ketones (excluding diaryl/α,β-unsaturated/α-hetero) is 1. The fraction of sp³-hybridized carbons (Fsp3) is 0.200. The highest BCUT2D eigenvalue weighted by Gasteiger charge is 2.37. The van der Waals surface area contributed by atoms with Crippen molar-refractivity contribution in [2.24, 2.45) is 5.73 Å². The van der Waals surface area contributed by atoms with E-state index in [-0.39, 0.29) is 18.2 Å². The lowest BCUT2D eigenvalue weighted by atomic mass is 9.84. The maximum atomic E-state index is 12.4. The van der Waals surface area contributed by atoms with Gasteiger partial charge >= 0.3 is 0 Å². The van der Waals surface area contributed by atoms with E-state index in [1.165, 1.54) is 6.92 Å². The highest BCUT2D eigenvalue weighted by molar-refractivity contribution is 8.00. The number of hydrogen-bond acceptors (Lipinski definition) is 4. The van der Waals surface area contributed by atoms with E-state index in [2.05, 4.69) is 41.7 Å². The summed E-state index contributed by atoms with van der Waals surface area (Å²) in [6.07, 6.45) is 0. The van der Waals surface area contributed by atoms with Crippen LogP contribution in [0.5, 0.6) is 0 Å². The van der Waals surface area contributed by atoms with Gasteiger partial charge in [0, 0.05) is 12.7 Å². The van der Waals surface area contributed by atoms with Gasteiger partial charge in [-0.05, 0) is 16.7 Å². The Labute approximate surface area is 181 Å². The van der Waals surface area contributed by atoms with E-state index < -0.39 is 10.8 Å². The summed E-state index contributed by atoms with van der Waals surface area (Å²) in [6, 6.07) is 30.1. The molecule has 30 heavy (non-hydrogen) atoms. The molecule has 0 radical (unpaired) electrons. The van der Waals surface area contributed by atoms with Gasteiger partial charge in [0.15, 0.2) is 5.78 Å². The van der Waals surface area contributed by atoms with Crippen LogP contribution < -0.4 is 11.1 Å². The topological polar surface area (TPSA) is 72.2 Å². The number of nitrogens with two attached hydrogens (primary N) is 1. The first-order valence-electron chi connectivity index (χ1n) is 9.87. The van der Waals surface area contributed by atoms with Gasteiger partial charge in [0.25, 0.3) is 0 Å². The molecule has 0 unspecified atom stereocenters. The monoisotopic (exact) mass is 418 g/mol. The molecule has 4 nitrogen and oxygen atoms in total. The Kier molecular flexibility index (Phi) is 7.44. The summed E-state index contributed by atoms with van der Waals surface area (Å²) in [4.78, 5) is 23.6. The van der Waals surface area contributed by atoms with Crippen molar-refractivity contribution in [2.75, 3.05) is 12.3 Å². The molecule has 1 amide bonds. The minimum Gasteiger partial charge on any atom is -0.349 e. The van der Waals surface area contributed by atoms with Crippen molar-refractivity contribution in [3.63, 3.8) is 0 Å². The van der Waals surface area contributed by atoms with Crippen molar-refractivity contribution in [3.8, 4) is 0 Å². The van der Waals surface area contributed by atoms with Gasteiger partial charge in [0.2, 0.25) is 5.91 Å². The number of thioether (sulfide) groups is 1. The van der Waals surface area contributed by atoms with E-state index in [0.717, 1.165) is 16.7 Å². The second-order valence-corrected chi connectivity index (χ2v) is 8.31. The third kappa shape index (κ3) is 4.99. The van der Waals surface area contributed by atoms with E-state index in [1.54, 1.807) is 11.8 Å². The van der Waals surface area contributed by atoms with Crippen LogP contribution in [0.25, 0.3) is 0 Å². The molecule has 3 aromatic carbocycles. The predicted molar refractivity (Wildman–Crippen MR) is 123 cm³/mol. The van der Waals surface area contributed by atoms with E-state index in [9.17, 15) is 9.59 Å². The molecule has 0 fully saturated rings. The Morgan fingerprint density at radius 3 is 1.60 bits per heavy atom. The van der Waals surface area contributed by atoms with Crippen LogP contribution in [-0.2, 0) is 14.3 Å². The van der Waals surface area contributed by atoms with Crippen molar-refractivity contribution < 1.29 is 9.59 Å². The number of carbonyl (C=O) groups is 2. The minimum absolute atomic E-state index is 0.0495. The number of rotatable bonds is 9. The zero-order valence-electron chi connectivity index (χ0n) is 17.0. The Morgan fingerprint density at radius 1 is 0.833 bits per heavy atom. The molecule has 0 spiro atoms. The quantitative estimate of drug-likeness (QED) is 0.519. The highest BCUT2D eigenvalue weighted by atomic mass is 32.2. The molecule has 0 bridgehead atoms. The lowest BCUT2D eigenvalue weighted by Gasteiger charge is -2.36. The third-order valence-electron chi connectivity index (χ3n) is 4.95. The maximum absolute atomic E-state index is 12.4. The zero-order valence-corrected chi connectivity index (χ0v) is 17.8. The summed E-state index contributed by atoms with van der Waals surface area (Å²) < 4.78 is -0.518. The fourth-order valence-electron chi connectivity index (χ4n) is 3.42. The Bertz CT molecular complexity index is 866. The number of carbonyl (C=O) groups excluding carboxylic acids is 2. The summed E-state index contributed by atoms with van der Waals surface area (Å²) in [5.41, 5.74) is 9.58. The molecule has 3 N–H and O–H groups in total. The van der Waals surface area contributed by atoms with Crippen LogP contribution in [0.2, 0.25) is 0 Å². The molecule has 0 heterocycles. The molecule has 3 rings (SSSR count). The molecule has 0 aliphatic carbocycles. The summed E-state index contributed by atoms with van der Waals surface area (Å²) in [5, 5.41) is 2.54. The summed E-state index contributed by atoms with van der Waals surface area (Å²) >= 11 is 1.64. The Balaban J connectivity index is 2.01. The van der Waals surface area contributed by atoms with Crippen LogP contribution >= 0.6 is 11.8 Å². The van der Waals surface area contributed by atoms with Gasteiger partial charge in [-0.3, -0.25) is 9.59 Å². The Hall–Kier alpha value is -2.89. The first-order valence-corrected chi connectivity index (χ1v) is 10.9. The van der Waals surface area contributed by atoms with Crippen LogP contribution in [0.3, 0.4) is 0 Å². The molecule has 1 atom stereocenters. The lowest BCUT2D eigenvalue weighted by Crippen LogP contribution is -2.41. The van der Waals surface area contributed by atoms with E-state index in [4.69, 9.17) is 5.73 Å². The molecule has 0 aliphatic rings. The zero-order chi connectivity index (χ0) is 21.4. The molecular formula is C25H26N2O2S. The van der Waals surface area contributed by atoms with Gasteiger partial charge in [-0.25, -0.2) is 0 Å². The van der Waals surface area contributed by atoms with Crippen LogP contribution in [0.4, 0.5) is 0 Å². The Morgan fingerprint density at radius 2 is 1.23 bits per heavy atom. The molecule has 5 heteroatoms. The molecule has 0 aliphatic heterocycles. The van der Waals surface area contributed by atoms with Crippen LogP contribution in [0.1, 0.15) is 23.6 Å². The second-order valence-electron chi connectivity index (χ2n) is 7.07. The average Bonchev–Trinajstić information content (AvgIpc) is 2.80. The second kappa shape index (κ2) is 10.2. The van der Waals surface area contributed by atoms with Gasteiger partial charge < -0.3 is 11.1 Å². The predicted octanol–water partition coefficient (Wildman–Crippen LogP) is 3.74. The number of amides is 1. The smallest absolute Gasteiger partial charge is 0.217 e. The lowest BCUT2D eigenvalue weighted by molar-refractivity contribution is -0.124. The van der Waals surface area contributed by atoms with Gasteiger partial charge in [-0.2, -0.15) is 0 Å². The van der Waals surface area contributed by atoms with Crippen LogP contribution in [0.15, 0.2) is 91.0 Å². The average molecular weight is 419 g/mol. The normalized spacial score (nSPS) is 12.2.